The molecule has 0 radical (unpaired) electrons. The van der Waals surface area contributed by atoms with Crippen molar-refractivity contribution in [3.05, 3.63) is 65.4 Å². The van der Waals surface area contributed by atoms with Gasteiger partial charge in [0.25, 0.3) is 5.91 Å². The average Bonchev–Trinajstić information content (AvgIpc) is 3.16. The number of hydrogen-bond acceptors (Lipinski definition) is 7. The third-order valence-electron chi connectivity index (χ3n) is 4.53. The summed E-state index contributed by atoms with van der Waals surface area (Å²) in [5.41, 5.74) is 7.68. The second kappa shape index (κ2) is 10.6. The molecular formula is C24H28N4O4S. The molecule has 3 aromatic rings. The van der Waals surface area contributed by atoms with Crippen LogP contribution in [-0.4, -0.2) is 34.1 Å². The van der Waals surface area contributed by atoms with Crippen molar-refractivity contribution in [2.45, 2.75) is 39.5 Å². The molecular weight excluding hydrogens is 440 g/mol. The van der Waals surface area contributed by atoms with Crippen LogP contribution in [0.25, 0.3) is 10.4 Å². The number of nitrogens with two attached hydrogens (primary N) is 1. The molecule has 3 rings (SSSR count). The fourth-order valence-electron chi connectivity index (χ4n) is 2.97. The van der Waals surface area contributed by atoms with Gasteiger partial charge in [0.05, 0.1) is 30.1 Å². The van der Waals surface area contributed by atoms with Crippen molar-refractivity contribution in [3.63, 3.8) is 0 Å². The number of hydrogen-bond donors (Lipinski definition) is 4. The lowest BCUT2D eigenvalue weighted by Crippen LogP contribution is -2.25. The smallest absolute Gasteiger partial charge is 0.251 e. The summed E-state index contributed by atoms with van der Waals surface area (Å²) >= 11 is 1.40. The average molecular weight is 469 g/mol. The van der Waals surface area contributed by atoms with Gasteiger partial charge in [-0.25, -0.2) is 4.98 Å². The maximum absolute atomic E-state index is 12.0. The number of aromatic nitrogens is 1. The van der Waals surface area contributed by atoms with Crippen LogP contribution in [-0.2, 0) is 22.7 Å². The van der Waals surface area contributed by atoms with Gasteiger partial charge in [-0.15, -0.1) is 11.3 Å². The number of amides is 2. The Labute approximate surface area is 196 Å². The third-order valence-corrected chi connectivity index (χ3v) is 5.63. The van der Waals surface area contributed by atoms with Crippen LogP contribution in [0.2, 0.25) is 0 Å². The summed E-state index contributed by atoms with van der Waals surface area (Å²) in [5.74, 6) is -0.0616. The van der Waals surface area contributed by atoms with Crippen LogP contribution < -0.4 is 16.4 Å². The lowest BCUT2D eigenvalue weighted by molar-refractivity contribution is -0.119. The molecule has 0 fully saturated rings. The number of carbonyl (C=O) groups is 2. The van der Waals surface area contributed by atoms with Crippen LogP contribution >= 0.6 is 11.3 Å². The Hall–Kier alpha value is -3.27. The predicted octanol–water partition coefficient (Wildman–Crippen LogP) is 3.58. The lowest BCUT2D eigenvalue weighted by Gasteiger charge is -2.16. The number of benzene rings is 1. The van der Waals surface area contributed by atoms with E-state index in [0.29, 0.717) is 28.6 Å². The number of pyridine rings is 1. The molecule has 5 N–H and O–H groups in total. The van der Waals surface area contributed by atoms with Gasteiger partial charge in [0.15, 0.2) is 0 Å². The summed E-state index contributed by atoms with van der Waals surface area (Å²) in [4.78, 5) is 28.5. The Morgan fingerprint density at radius 1 is 1.18 bits per heavy atom. The molecule has 0 unspecified atom stereocenters. The monoisotopic (exact) mass is 468 g/mol. The largest absolute Gasteiger partial charge is 0.388 e. The van der Waals surface area contributed by atoms with Crippen LogP contribution in [0, 0.1) is 0 Å². The number of anilines is 2. The molecule has 2 heterocycles. The normalized spacial score (nSPS) is 11.3. The summed E-state index contributed by atoms with van der Waals surface area (Å²) in [6.07, 6.45) is 0. The Kier molecular flexibility index (Phi) is 7.80. The summed E-state index contributed by atoms with van der Waals surface area (Å²) in [7, 11) is 0. The van der Waals surface area contributed by atoms with E-state index in [1.54, 1.807) is 26.0 Å². The number of nitrogens with zero attached hydrogens (tertiary/aromatic N) is 1. The molecule has 2 aromatic heterocycles. The van der Waals surface area contributed by atoms with Gasteiger partial charge in [0, 0.05) is 18.3 Å². The molecule has 0 atom stereocenters. The SMILES string of the molecule is CC(=O)NCc1ccc(-c2cc(C(N)=O)c(Nc3cccc(COCC(C)(C)O)n3)s2)cc1. The fourth-order valence-corrected chi connectivity index (χ4v) is 4.05. The summed E-state index contributed by atoms with van der Waals surface area (Å²) < 4.78 is 5.52. The van der Waals surface area contributed by atoms with E-state index in [9.17, 15) is 14.7 Å². The summed E-state index contributed by atoms with van der Waals surface area (Å²) in [6.45, 7) is 5.73. The van der Waals surface area contributed by atoms with Crippen molar-refractivity contribution in [2.24, 2.45) is 5.73 Å². The number of carbonyl (C=O) groups excluding carboxylic acids is 2. The van der Waals surface area contributed by atoms with Crippen molar-refractivity contribution in [1.82, 2.24) is 10.3 Å². The van der Waals surface area contributed by atoms with Crippen molar-refractivity contribution in [2.75, 3.05) is 11.9 Å². The van der Waals surface area contributed by atoms with Gasteiger partial charge >= 0.3 is 0 Å². The molecule has 1 aromatic carbocycles. The first-order valence-corrected chi connectivity index (χ1v) is 11.2. The topological polar surface area (TPSA) is 127 Å². The number of primary amides is 1. The van der Waals surface area contributed by atoms with Gasteiger partial charge in [0.1, 0.15) is 10.8 Å². The number of nitrogens with one attached hydrogen (secondary N) is 2. The van der Waals surface area contributed by atoms with E-state index in [4.69, 9.17) is 10.5 Å². The van der Waals surface area contributed by atoms with Gasteiger partial charge in [-0.3, -0.25) is 9.59 Å². The zero-order chi connectivity index (χ0) is 24.0. The molecule has 33 heavy (non-hydrogen) atoms. The van der Waals surface area contributed by atoms with Crippen molar-refractivity contribution < 1.29 is 19.4 Å². The van der Waals surface area contributed by atoms with Crippen molar-refractivity contribution >= 4 is 34.0 Å². The quantitative estimate of drug-likeness (QED) is 0.360. The zero-order valence-corrected chi connectivity index (χ0v) is 19.7. The van der Waals surface area contributed by atoms with Gasteiger partial charge in [-0.2, -0.15) is 0 Å². The standard InChI is InChI=1S/C24H28N4O4S/c1-15(29)26-12-16-7-9-17(10-8-16)20-11-19(22(25)30)23(33-20)28-21-6-4-5-18(27-21)13-32-14-24(2,3)31/h4-11,31H,12-14H2,1-3H3,(H2,25,30)(H,26,29)(H,27,28). The van der Waals surface area contributed by atoms with Gasteiger partial charge in [0.2, 0.25) is 5.91 Å². The van der Waals surface area contributed by atoms with E-state index in [1.807, 2.05) is 36.4 Å². The molecule has 2 amide bonds. The second-order valence-corrected chi connectivity index (χ2v) is 9.32. The van der Waals surface area contributed by atoms with Crippen LogP contribution in [0.1, 0.15) is 42.4 Å². The number of thiophene rings is 1. The first-order chi connectivity index (χ1) is 15.6. The number of rotatable bonds is 10. The van der Waals surface area contributed by atoms with Crippen molar-refractivity contribution in [1.29, 1.82) is 0 Å². The van der Waals surface area contributed by atoms with Crippen LogP contribution in [0.5, 0.6) is 0 Å². The van der Waals surface area contributed by atoms with Crippen LogP contribution in [0.15, 0.2) is 48.5 Å². The minimum absolute atomic E-state index is 0.0828. The molecule has 0 aliphatic rings. The van der Waals surface area contributed by atoms with E-state index < -0.39 is 11.5 Å². The lowest BCUT2D eigenvalue weighted by atomic mass is 10.1. The molecule has 0 aliphatic heterocycles. The Morgan fingerprint density at radius 2 is 1.91 bits per heavy atom. The Morgan fingerprint density at radius 3 is 2.55 bits per heavy atom. The van der Waals surface area contributed by atoms with E-state index in [1.165, 1.54) is 18.3 Å². The number of ether oxygens (including phenoxy) is 1. The molecule has 8 nitrogen and oxygen atoms in total. The molecule has 0 spiro atoms. The highest BCUT2D eigenvalue weighted by Crippen LogP contribution is 2.36. The van der Waals surface area contributed by atoms with Gasteiger partial charge < -0.3 is 26.2 Å². The first kappa shape index (κ1) is 24.4. The molecule has 0 aliphatic carbocycles. The minimum atomic E-state index is -0.915. The molecule has 0 saturated heterocycles. The molecule has 0 bridgehead atoms. The summed E-state index contributed by atoms with van der Waals surface area (Å²) in [6, 6.07) is 15.0. The van der Waals surface area contributed by atoms with Crippen LogP contribution in [0.4, 0.5) is 10.8 Å². The third kappa shape index (κ3) is 7.38. The Bertz CT molecular complexity index is 1120. The highest BCUT2D eigenvalue weighted by Gasteiger charge is 2.16. The molecule has 174 valence electrons. The first-order valence-electron chi connectivity index (χ1n) is 10.4. The Balaban J connectivity index is 1.76. The maximum Gasteiger partial charge on any atom is 0.251 e. The molecule has 0 saturated carbocycles. The highest BCUT2D eigenvalue weighted by atomic mass is 32.1. The fraction of sp³-hybridized carbons (Fsp3) is 0.292. The summed E-state index contributed by atoms with van der Waals surface area (Å²) in [5, 5.41) is 16.3. The zero-order valence-electron chi connectivity index (χ0n) is 18.8. The van der Waals surface area contributed by atoms with E-state index in [2.05, 4.69) is 15.6 Å². The van der Waals surface area contributed by atoms with Gasteiger partial charge in [-0.1, -0.05) is 30.3 Å². The minimum Gasteiger partial charge on any atom is -0.388 e. The number of aliphatic hydroxyl groups is 1. The van der Waals surface area contributed by atoms with Crippen molar-refractivity contribution in [3.8, 4) is 10.4 Å². The predicted molar refractivity (Wildman–Crippen MR) is 129 cm³/mol. The highest BCUT2D eigenvalue weighted by molar-refractivity contribution is 7.19. The maximum atomic E-state index is 12.0. The van der Waals surface area contributed by atoms with E-state index in [0.717, 1.165) is 16.0 Å². The molecule has 9 heteroatoms. The van der Waals surface area contributed by atoms with Crippen LogP contribution in [0.3, 0.4) is 0 Å². The second-order valence-electron chi connectivity index (χ2n) is 8.27. The van der Waals surface area contributed by atoms with E-state index >= 15 is 0 Å². The van der Waals surface area contributed by atoms with E-state index in [-0.39, 0.29) is 19.1 Å². The van der Waals surface area contributed by atoms with Gasteiger partial charge in [-0.05, 0) is 43.2 Å².